The predicted molar refractivity (Wildman–Crippen MR) is 142 cm³/mol. The molecule has 6 heteroatoms. The monoisotopic (exact) mass is 480 g/mol. The van der Waals surface area contributed by atoms with E-state index in [1.165, 1.54) is 0 Å². The van der Waals surface area contributed by atoms with E-state index in [0.717, 1.165) is 38.2 Å². The van der Waals surface area contributed by atoms with E-state index in [9.17, 15) is 21.0 Å². The first-order valence-corrected chi connectivity index (χ1v) is 11.8. The molecule has 0 saturated heterocycles. The second-order valence-corrected chi connectivity index (χ2v) is 9.08. The van der Waals surface area contributed by atoms with E-state index in [0.29, 0.717) is 39.2 Å². The predicted octanol–water partition coefficient (Wildman–Crippen LogP) is 6.44. The molecule has 0 saturated carbocycles. The molecule has 2 aliphatic carbocycles. The van der Waals surface area contributed by atoms with Crippen LogP contribution >= 0.6 is 0 Å². The van der Waals surface area contributed by atoms with Crippen LogP contribution in [0.2, 0.25) is 0 Å². The molecule has 0 radical (unpaired) electrons. The fourth-order valence-corrected chi connectivity index (χ4v) is 5.65. The van der Waals surface area contributed by atoms with Gasteiger partial charge < -0.3 is 0 Å². The molecule has 0 spiro atoms. The number of allylic oxidation sites excluding steroid dienone is 2. The zero-order chi connectivity index (χ0) is 26.0. The van der Waals surface area contributed by atoms with Crippen LogP contribution in [0.3, 0.4) is 0 Å². The first-order chi connectivity index (χ1) is 18.7. The summed E-state index contributed by atoms with van der Waals surface area (Å²) in [7, 11) is 0. The molecule has 4 aromatic carbocycles. The normalized spacial score (nSPS) is 12.0. The second-order valence-electron chi connectivity index (χ2n) is 9.08. The van der Waals surface area contributed by atoms with Crippen molar-refractivity contribution in [3.63, 3.8) is 0 Å². The summed E-state index contributed by atoms with van der Waals surface area (Å²) in [4.78, 5) is 0. The quantitative estimate of drug-likeness (QED) is 0.230. The Kier molecular flexibility index (Phi) is 4.31. The van der Waals surface area contributed by atoms with Crippen LogP contribution in [-0.2, 0) is 0 Å². The highest BCUT2D eigenvalue weighted by Crippen LogP contribution is 2.55. The lowest BCUT2D eigenvalue weighted by molar-refractivity contribution is 1.02. The summed E-state index contributed by atoms with van der Waals surface area (Å²) in [6, 6.07) is 31.9. The van der Waals surface area contributed by atoms with Gasteiger partial charge in [0.25, 0.3) is 0 Å². The number of aromatic nitrogens is 2. The maximum Gasteiger partial charge on any atom is 0.139 e. The molecule has 1 heterocycles. The van der Waals surface area contributed by atoms with E-state index in [1.807, 2.05) is 84.9 Å². The smallest absolute Gasteiger partial charge is 0.139 e. The first-order valence-electron chi connectivity index (χ1n) is 11.8. The van der Waals surface area contributed by atoms with Gasteiger partial charge in [0.1, 0.15) is 46.8 Å². The second kappa shape index (κ2) is 7.71. The molecule has 2 aliphatic rings. The number of fused-ring (bicyclic) bond motifs is 9. The number of hydrogen-bond acceptors (Lipinski definition) is 6. The van der Waals surface area contributed by atoms with Crippen molar-refractivity contribution < 1.29 is 0 Å². The van der Waals surface area contributed by atoms with Gasteiger partial charge in [-0.1, -0.05) is 48.5 Å². The van der Waals surface area contributed by atoms with Gasteiger partial charge in [0, 0.05) is 27.8 Å². The molecule has 0 bridgehead atoms. The van der Waals surface area contributed by atoms with Gasteiger partial charge in [0.05, 0.1) is 0 Å². The van der Waals surface area contributed by atoms with Gasteiger partial charge in [-0.05, 0) is 62.5 Å². The molecular formula is C32H12N6. The minimum atomic E-state index is -0.0675. The summed E-state index contributed by atoms with van der Waals surface area (Å²) < 4.78 is 0. The molecule has 38 heavy (non-hydrogen) atoms. The van der Waals surface area contributed by atoms with Crippen molar-refractivity contribution >= 4 is 32.7 Å². The standard InChI is InChI=1S/C32H12N6/c33-13-21(14-34)27-25-11-19-7-3-4-8-20(19)12-26(25)31-30(27)29-24-10-18-6-2-1-5-17(18)9-23(24)28(22(15-35)16-36)32(29)38-37-31/h1-12H. The number of hydrogen-bond donors (Lipinski definition) is 0. The third kappa shape index (κ3) is 2.66. The fourth-order valence-electron chi connectivity index (χ4n) is 5.65. The van der Waals surface area contributed by atoms with Crippen molar-refractivity contribution in [1.82, 2.24) is 10.2 Å². The Labute approximate surface area is 216 Å². The number of nitrogens with zero attached hydrogens (tertiary/aromatic N) is 6. The molecule has 5 aromatic rings. The summed E-state index contributed by atoms with van der Waals surface area (Å²) in [5, 5.41) is 52.7. The van der Waals surface area contributed by atoms with Crippen LogP contribution in [0.5, 0.6) is 0 Å². The number of benzene rings is 4. The summed E-state index contributed by atoms with van der Waals surface area (Å²) in [6.45, 7) is 0. The molecule has 0 N–H and O–H groups in total. The minimum Gasteiger partial charge on any atom is -0.192 e. The van der Waals surface area contributed by atoms with Crippen molar-refractivity contribution in [3.8, 4) is 46.7 Å². The molecule has 170 valence electrons. The molecule has 7 rings (SSSR count). The van der Waals surface area contributed by atoms with Crippen LogP contribution in [0.1, 0.15) is 22.4 Å². The number of rotatable bonds is 0. The van der Waals surface area contributed by atoms with E-state index in [4.69, 9.17) is 0 Å². The van der Waals surface area contributed by atoms with Crippen LogP contribution in [0.25, 0.3) is 55.1 Å². The summed E-state index contributed by atoms with van der Waals surface area (Å²) >= 11 is 0. The topological polar surface area (TPSA) is 121 Å². The molecule has 1 aromatic heterocycles. The Morgan fingerprint density at radius 1 is 0.474 bits per heavy atom. The van der Waals surface area contributed by atoms with Crippen LogP contribution < -0.4 is 0 Å². The third-order valence-corrected chi connectivity index (χ3v) is 7.24. The van der Waals surface area contributed by atoms with Gasteiger partial charge in [0.2, 0.25) is 0 Å². The molecule has 0 amide bonds. The lowest BCUT2D eigenvalue weighted by atomic mass is 9.92. The highest BCUT2D eigenvalue weighted by Gasteiger charge is 2.38. The number of nitriles is 4. The van der Waals surface area contributed by atoms with Gasteiger partial charge in [-0.15, -0.1) is 10.2 Å². The van der Waals surface area contributed by atoms with Crippen molar-refractivity contribution in [3.05, 3.63) is 106 Å². The Morgan fingerprint density at radius 3 is 1.42 bits per heavy atom. The molecular weight excluding hydrogens is 468 g/mol. The maximum atomic E-state index is 9.99. The molecule has 6 nitrogen and oxygen atoms in total. The van der Waals surface area contributed by atoms with Crippen LogP contribution in [-0.4, -0.2) is 10.2 Å². The van der Waals surface area contributed by atoms with Crippen LogP contribution in [0, 0.1) is 45.3 Å². The van der Waals surface area contributed by atoms with Crippen molar-refractivity contribution in [2.75, 3.05) is 0 Å². The van der Waals surface area contributed by atoms with Crippen molar-refractivity contribution in [2.24, 2.45) is 0 Å². The lowest BCUT2D eigenvalue weighted by Crippen LogP contribution is -1.98. The maximum absolute atomic E-state index is 9.99. The average Bonchev–Trinajstić information content (AvgIpc) is 3.44. The van der Waals surface area contributed by atoms with Gasteiger partial charge in [0.15, 0.2) is 0 Å². The van der Waals surface area contributed by atoms with Crippen LogP contribution in [0.15, 0.2) is 83.9 Å². The largest absolute Gasteiger partial charge is 0.192 e. The zero-order valence-electron chi connectivity index (χ0n) is 19.6. The van der Waals surface area contributed by atoms with Gasteiger partial charge in [-0.25, -0.2) is 0 Å². The SMILES string of the molecule is N#CC(C#N)=C1c2cc3ccccc3cc2-c2c1nnc1c2C(=C(C#N)C#N)c2cc3ccccc3cc2-1. The summed E-state index contributed by atoms with van der Waals surface area (Å²) in [6.07, 6.45) is 0. The Hall–Kier alpha value is -6.08. The van der Waals surface area contributed by atoms with E-state index in [1.54, 1.807) is 0 Å². The van der Waals surface area contributed by atoms with Gasteiger partial charge in [-0.3, -0.25) is 0 Å². The molecule has 0 atom stereocenters. The molecule has 0 fully saturated rings. The highest BCUT2D eigenvalue weighted by atomic mass is 15.1. The van der Waals surface area contributed by atoms with E-state index in [-0.39, 0.29) is 11.1 Å². The van der Waals surface area contributed by atoms with Crippen molar-refractivity contribution in [1.29, 1.82) is 21.0 Å². The first kappa shape index (κ1) is 21.2. The minimum absolute atomic E-state index is 0.0314. The van der Waals surface area contributed by atoms with Crippen LogP contribution in [0.4, 0.5) is 0 Å². The summed E-state index contributed by atoms with van der Waals surface area (Å²) in [5.41, 5.74) is 6.08. The zero-order valence-corrected chi connectivity index (χ0v) is 19.6. The fraction of sp³-hybridized carbons (Fsp3) is 0. The Balaban J connectivity index is 1.69. The third-order valence-electron chi connectivity index (χ3n) is 7.24. The average molecular weight is 480 g/mol. The Bertz CT molecular complexity index is 2140. The molecule has 0 unspecified atom stereocenters. The Morgan fingerprint density at radius 2 is 0.895 bits per heavy atom. The van der Waals surface area contributed by atoms with Gasteiger partial charge in [-0.2, -0.15) is 21.0 Å². The van der Waals surface area contributed by atoms with E-state index < -0.39 is 0 Å². The van der Waals surface area contributed by atoms with Crippen molar-refractivity contribution in [2.45, 2.75) is 0 Å². The van der Waals surface area contributed by atoms with Gasteiger partial charge >= 0.3 is 0 Å². The van der Waals surface area contributed by atoms with E-state index in [2.05, 4.69) is 22.3 Å². The lowest BCUT2D eigenvalue weighted by Gasteiger charge is -2.10. The highest BCUT2D eigenvalue weighted by molar-refractivity contribution is 6.16. The molecule has 0 aliphatic heterocycles. The van der Waals surface area contributed by atoms with E-state index >= 15 is 0 Å². The summed E-state index contributed by atoms with van der Waals surface area (Å²) in [5.74, 6) is 0.